The Bertz CT molecular complexity index is 321. The molecule has 1 atom stereocenters. The molecule has 0 saturated heterocycles. The second kappa shape index (κ2) is 7.37. The number of Topliss-reactive ketones (excluding diaryl/α,β-unsaturated/α-hetero) is 1. The minimum Gasteiger partial charge on any atom is -0.461 e. The number of hydrogen-bond donors (Lipinski definition) is 0. The van der Waals surface area contributed by atoms with Crippen LogP contribution in [0.5, 0.6) is 0 Å². The number of hydrogen-bond acceptors (Lipinski definition) is 7. The molecular formula is C10H14O7. The second-order valence-corrected chi connectivity index (χ2v) is 3.15. The van der Waals surface area contributed by atoms with Crippen LogP contribution in [0, 0.1) is 0 Å². The Labute approximate surface area is 98.0 Å². The van der Waals surface area contributed by atoms with Crippen LogP contribution in [0.3, 0.4) is 0 Å². The standard InChI is InChI=1S/C10H14O7/c1-6(11)15-4-9(14)10(17-8(3)13)5-16-7(2)12/h10H,4-5H2,1-3H3/t10-/m1/s1. The van der Waals surface area contributed by atoms with Crippen molar-refractivity contribution in [3.8, 4) is 0 Å². The highest BCUT2D eigenvalue weighted by atomic mass is 16.6. The van der Waals surface area contributed by atoms with E-state index in [4.69, 9.17) is 0 Å². The van der Waals surface area contributed by atoms with Gasteiger partial charge >= 0.3 is 17.9 Å². The van der Waals surface area contributed by atoms with Gasteiger partial charge in [0.2, 0.25) is 5.78 Å². The van der Waals surface area contributed by atoms with Crippen molar-refractivity contribution in [3.05, 3.63) is 0 Å². The lowest BCUT2D eigenvalue weighted by Crippen LogP contribution is -2.35. The smallest absolute Gasteiger partial charge is 0.303 e. The van der Waals surface area contributed by atoms with Crippen molar-refractivity contribution in [2.75, 3.05) is 13.2 Å². The van der Waals surface area contributed by atoms with Crippen LogP contribution in [0.4, 0.5) is 0 Å². The van der Waals surface area contributed by atoms with Crippen LogP contribution >= 0.6 is 0 Å². The SMILES string of the molecule is CC(=O)OCC(=O)[C@@H](COC(C)=O)OC(C)=O. The van der Waals surface area contributed by atoms with Crippen molar-refractivity contribution in [1.29, 1.82) is 0 Å². The topological polar surface area (TPSA) is 96.0 Å². The van der Waals surface area contributed by atoms with E-state index in [1.165, 1.54) is 0 Å². The normalized spacial score (nSPS) is 11.2. The molecule has 7 nitrogen and oxygen atoms in total. The minimum atomic E-state index is -1.25. The molecule has 0 amide bonds. The van der Waals surface area contributed by atoms with Crippen molar-refractivity contribution >= 4 is 23.7 Å². The molecule has 7 heteroatoms. The summed E-state index contributed by atoms with van der Waals surface area (Å²) in [6.45, 7) is 2.48. The van der Waals surface area contributed by atoms with E-state index in [2.05, 4.69) is 14.2 Å². The molecule has 0 bridgehead atoms. The highest BCUT2D eigenvalue weighted by Crippen LogP contribution is 1.98. The van der Waals surface area contributed by atoms with Crippen LogP contribution in [0.15, 0.2) is 0 Å². The Balaban J connectivity index is 4.33. The van der Waals surface area contributed by atoms with E-state index in [-0.39, 0.29) is 0 Å². The van der Waals surface area contributed by atoms with Crippen molar-refractivity contribution < 1.29 is 33.4 Å². The Morgan fingerprint density at radius 1 is 0.882 bits per heavy atom. The number of rotatable bonds is 6. The largest absolute Gasteiger partial charge is 0.461 e. The van der Waals surface area contributed by atoms with Gasteiger partial charge in [-0.1, -0.05) is 0 Å². The van der Waals surface area contributed by atoms with Crippen molar-refractivity contribution in [2.45, 2.75) is 26.9 Å². The predicted octanol–water partition coefficient (Wildman–Crippen LogP) is -0.387. The van der Waals surface area contributed by atoms with Gasteiger partial charge in [-0.05, 0) is 0 Å². The first-order valence-corrected chi connectivity index (χ1v) is 4.79. The van der Waals surface area contributed by atoms with E-state index in [0.717, 1.165) is 20.8 Å². The summed E-state index contributed by atoms with van der Waals surface area (Å²) in [6, 6.07) is 0. The molecule has 0 aliphatic heterocycles. The third kappa shape index (κ3) is 7.95. The lowest BCUT2D eigenvalue weighted by molar-refractivity contribution is -0.164. The first-order valence-electron chi connectivity index (χ1n) is 4.79. The average molecular weight is 246 g/mol. The molecule has 0 aromatic rings. The summed E-state index contributed by atoms with van der Waals surface area (Å²) in [5.41, 5.74) is 0. The lowest BCUT2D eigenvalue weighted by Gasteiger charge is -2.15. The molecular weight excluding hydrogens is 232 g/mol. The van der Waals surface area contributed by atoms with Gasteiger partial charge in [-0.15, -0.1) is 0 Å². The molecule has 0 N–H and O–H groups in total. The molecule has 0 unspecified atom stereocenters. The van der Waals surface area contributed by atoms with E-state index in [9.17, 15) is 19.2 Å². The van der Waals surface area contributed by atoms with Crippen LogP contribution in [-0.4, -0.2) is 43.0 Å². The molecule has 96 valence electrons. The number of carbonyl (C=O) groups excluding carboxylic acids is 4. The van der Waals surface area contributed by atoms with Gasteiger partial charge < -0.3 is 14.2 Å². The molecule has 0 radical (unpaired) electrons. The fourth-order valence-electron chi connectivity index (χ4n) is 0.852. The van der Waals surface area contributed by atoms with Gasteiger partial charge in [0.15, 0.2) is 12.7 Å². The minimum absolute atomic E-state index is 0.394. The summed E-state index contributed by atoms with van der Waals surface area (Å²) < 4.78 is 13.6. The second-order valence-electron chi connectivity index (χ2n) is 3.15. The van der Waals surface area contributed by atoms with Crippen molar-refractivity contribution in [2.24, 2.45) is 0 Å². The predicted molar refractivity (Wildman–Crippen MR) is 53.8 cm³/mol. The van der Waals surface area contributed by atoms with Crippen LogP contribution < -0.4 is 0 Å². The van der Waals surface area contributed by atoms with Crippen LogP contribution in [-0.2, 0) is 33.4 Å². The zero-order valence-corrected chi connectivity index (χ0v) is 9.85. The summed E-state index contributed by atoms with van der Waals surface area (Å²) in [7, 11) is 0. The van der Waals surface area contributed by atoms with Gasteiger partial charge in [0.05, 0.1) is 0 Å². The Morgan fingerprint density at radius 3 is 1.82 bits per heavy atom. The summed E-state index contributed by atoms with van der Waals surface area (Å²) in [5, 5.41) is 0. The fourth-order valence-corrected chi connectivity index (χ4v) is 0.852. The van der Waals surface area contributed by atoms with E-state index < -0.39 is 43.0 Å². The summed E-state index contributed by atoms with van der Waals surface area (Å²) in [5.74, 6) is -2.59. The molecule has 0 rings (SSSR count). The van der Waals surface area contributed by atoms with Crippen LogP contribution in [0.2, 0.25) is 0 Å². The molecule has 0 aromatic carbocycles. The van der Waals surface area contributed by atoms with E-state index in [1.807, 2.05) is 0 Å². The summed E-state index contributed by atoms with van der Waals surface area (Å²) in [6.07, 6.45) is -1.25. The quantitative estimate of drug-likeness (QED) is 0.465. The highest BCUT2D eigenvalue weighted by Gasteiger charge is 2.23. The highest BCUT2D eigenvalue weighted by molar-refractivity contribution is 5.88. The third-order valence-electron chi connectivity index (χ3n) is 1.52. The fraction of sp³-hybridized carbons (Fsp3) is 0.600. The third-order valence-corrected chi connectivity index (χ3v) is 1.52. The van der Waals surface area contributed by atoms with Gasteiger partial charge in [0, 0.05) is 20.8 Å². The molecule has 17 heavy (non-hydrogen) atoms. The van der Waals surface area contributed by atoms with Crippen molar-refractivity contribution in [1.82, 2.24) is 0 Å². The Hall–Kier alpha value is -1.92. The number of esters is 3. The summed E-state index contributed by atoms with van der Waals surface area (Å²) in [4.78, 5) is 43.2. The number of ketones is 1. The van der Waals surface area contributed by atoms with Gasteiger partial charge in [-0.3, -0.25) is 19.2 Å². The lowest BCUT2D eigenvalue weighted by atomic mass is 10.2. The van der Waals surface area contributed by atoms with Gasteiger partial charge in [-0.25, -0.2) is 0 Å². The molecule has 0 fully saturated rings. The summed E-state index contributed by atoms with van der Waals surface area (Å²) >= 11 is 0. The van der Waals surface area contributed by atoms with E-state index in [0.29, 0.717) is 0 Å². The maximum atomic E-state index is 11.4. The first kappa shape index (κ1) is 15.1. The molecule has 0 spiro atoms. The van der Waals surface area contributed by atoms with Gasteiger partial charge in [-0.2, -0.15) is 0 Å². The van der Waals surface area contributed by atoms with Gasteiger partial charge in [0.25, 0.3) is 0 Å². The maximum absolute atomic E-state index is 11.4. The zero-order valence-electron chi connectivity index (χ0n) is 9.85. The van der Waals surface area contributed by atoms with Crippen LogP contribution in [0.25, 0.3) is 0 Å². The van der Waals surface area contributed by atoms with E-state index in [1.54, 1.807) is 0 Å². The first-order chi connectivity index (χ1) is 7.82. The molecule has 0 aliphatic carbocycles. The molecule has 0 saturated carbocycles. The van der Waals surface area contributed by atoms with E-state index >= 15 is 0 Å². The van der Waals surface area contributed by atoms with Crippen molar-refractivity contribution in [3.63, 3.8) is 0 Å². The zero-order chi connectivity index (χ0) is 13.4. The number of carbonyl (C=O) groups is 4. The molecule has 0 heterocycles. The Morgan fingerprint density at radius 2 is 1.41 bits per heavy atom. The van der Waals surface area contributed by atoms with Crippen LogP contribution in [0.1, 0.15) is 20.8 Å². The maximum Gasteiger partial charge on any atom is 0.303 e. The molecule has 0 aliphatic rings. The Kier molecular flexibility index (Phi) is 6.54. The number of ether oxygens (including phenoxy) is 3. The van der Waals surface area contributed by atoms with Gasteiger partial charge in [0.1, 0.15) is 6.61 Å². The molecule has 0 aromatic heterocycles. The monoisotopic (exact) mass is 246 g/mol. The average Bonchev–Trinajstić information content (AvgIpc) is 2.19.